The van der Waals surface area contributed by atoms with Gasteiger partial charge in [0.2, 0.25) is 11.8 Å². The normalized spacial score (nSPS) is 21.4. The summed E-state index contributed by atoms with van der Waals surface area (Å²) in [4.78, 5) is 67.1. The SMILES string of the molecule is C[C@@H]1NC(=O)CN(C(=O)CN2CCOCC2)C[C@@H](c2ccccc2)NC(=O)c2csc(n2)[C@@H](Cc2ccccc2)NC(=O)c2csc1n2. The number of aromatic nitrogens is 2. The maximum atomic E-state index is 13.8. The summed E-state index contributed by atoms with van der Waals surface area (Å²) in [5.41, 5.74) is 2.18. The fourth-order valence-corrected chi connectivity index (χ4v) is 7.28. The van der Waals surface area contributed by atoms with Crippen molar-refractivity contribution in [3.63, 3.8) is 0 Å². The van der Waals surface area contributed by atoms with Crippen LogP contribution < -0.4 is 16.0 Å². The van der Waals surface area contributed by atoms with Crippen molar-refractivity contribution in [3.8, 4) is 0 Å². The molecule has 1 fully saturated rings. The van der Waals surface area contributed by atoms with Gasteiger partial charge in [0, 0.05) is 30.4 Å². The molecule has 48 heavy (non-hydrogen) atoms. The number of carbonyl (C=O) groups is 4. The Hall–Kier alpha value is -4.50. The molecular formula is C34H37N7O5S2. The Kier molecular flexibility index (Phi) is 10.9. The molecule has 4 heterocycles. The smallest absolute Gasteiger partial charge is 0.271 e. The lowest BCUT2D eigenvalue weighted by Gasteiger charge is -2.32. The van der Waals surface area contributed by atoms with Crippen LogP contribution >= 0.6 is 22.7 Å². The highest BCUT2D eigenvalue weighted by Gasteiger charge is 2.29. The lowest BCUT2D eigenvalue weighted by Crippen LogP contribution is -2.50. The summed E-state index contributed by atoms with van der Waals surface area (Å²) in [6.45, 7) is 4.02. The van der Waals surface area contributed by atoms with E-state index in [1.54, 1.807) is 17.7 Å². The van der Waals surface area contributed by atoms with Crippen LogP contribution in [0.4, 0.5) is 0 Å². The minimum atomic E-state index is -0.636. The first-order valence-corrected chi connectivity index (χ1v) is 17.6. The summed E-state index contributed by atoms with van der Waals surface area (Å²) in [5, 5.41) is 13.5. The van der Waals surface area contributed by atoms with E-state index in [-0.39, 0.29) is 48.7 Å². The quantitative estimate of drug-likeness (QED) is 0.290. The van der Waals surface area contributed by atoms with Crippen molar-refractivity contribution >= 4 is 46.3 Å². The summed E-state index contributed by atoms with van der Waals surface area (Å²) in [7, 11) is 0. The van der Waals surface area contributed by atoms with E-state index in [0.717, 1.165) is 11.1 Å². The zero-order chi connectivity index (χ0) is 33.5. The lowest BCUT2D eigenvalue weighted by molar-refractivity contribution is -0.138. The van der Waals surface area contributed by atoms with Crippen LogP contribution in [0.1, 0.15) is 67.2 Å². The highest BCUT2D eigenvalue weighted by molar-refractivity contribution is 7.10. The second kappa shape index (κ2) is 15.6. The summed E-state index contributed by atoms with van der Waals surface area (Å²) in [5.74, 6) is -1.44. The minimum Gasteiger partial charge on any atom is -0.379 e. The van der Waals surface area contributed by atoms with Gasteiger partial charge in [-0.1, -0.05) is 60.7 Å². The third-order valence-corrected chi connectivity index (χ3v) is 10.2. The predicted molar refractivity (Wildman–Crippen MR) is 182 cm³/mol. The Balaban J connectivity index is 1.34. The Bertz CT molecular complexity index is 1730. The van der Waals surface area contributed by atoms with Crippen molar-refractivity contribution in [2.24, 2.45) is 0 Å². The highest BCUT2D eigenvalue weighted by Crippen LogP contribution is 2.25. The summed E-state index contributed by atoms with van der Waals surface area (Å²) >= 11 is 2.56. The van der Waals surface area contributed by atoms with Gasteiger partial charge < -0.3 is 25.6 Å². The number of hydrogen-bond donors (Lipinski definition) is 3. The van der Waals surface area contributed by atoms with E-state index >= 15 is 0 Å². The van der Waals surface area contributed by atoms with Crippen LogP contribution in [0.25, 0.3) is 0 Å². The zero-order valence-electron chi connectivity index (χ0n) is 26.5. The summed E-state index contributed by atoms with van der Waals surface area (Å²) < 4.78 is 5.45. The standard InChI is InChI=1S/C34H37N7O5S2/c1-22-33-38-27(20-47-33)31(44)36-25(16-23-8-4-2-5-9-23)34-39-28(21-48-34)32(45)37-26(24-10-6-3-7-11-24)17-41(18-29(42)35-22)30(43)19-40-12-14-46-15-13-40/h2-11,20-22,25-26H,12-19H2,1H3,(H,35,42)(H,36,44)(H,37,45)/t22-,25+,26-/m0/s1. The van der Waals surface area contributed by atoms with Gasteiger partial charge in [-0.2, -0.15) is 0 Å². The van der Waals surface area contributed by atoms with E-state index in [1.807, 2.05) is 65.6 Å². The van der Waals surface area contributed by atoms with E-state index in [2.05, 4.69) is 25.9 Å². The van der Waals surface area contributed by atoms with Crippen LogP contribution in [0.3, 0.4) is 0 Å². The number of carbonyl (C=O) groups excluding carboxylic acids is 4. The van der Waals surface area contributed by atoms with E-state index in [0.29, 0.717) is 42.7 Å². The first-order valence-electron chi connectivity index (χ1n) is 15.8. The number of rotatable bonds is 5. The number of amides is 4. The Morgan fingerprint density at radius 3 is 2.19 bits per heavy atom. The van der Waals surface area contributed by atoms with Crippen molar-refractivity contribution in [3.05, 3.63) is 104 Å². The van der Waals surface area contributed by atoms with Crippen molar-refractivity contribution in [2.75, 3.05) is 45.9 Å². The van der Waals surface area contributed by atoms with E-state index < -0.39 is 24.0 Å². The molecule has 4 aromatic rings. The number of nitrogens with one attached hydrogen (secondary N) is 3. The number of ether oxygens (including phenoxy) is 1. The fraction of sp³-hybridized carbons (Fsp3) is 0.353. The van der Waals surface area contributed by atoms with Crippen LogP contribution in [0.5, 0.6) is 0 Å². The lowest BCUT2D eigenvalue weighted by atomic mass is 10.1. The van der Waals surface area contributed by atoms with Gasteiger partial charge in [0.1, 0.15) is 21.4 Å². The second-order valence-electron chi connectivity index (χ2n) is 11.7. The highest BCUT2D eigenvalue weighted by atomic mass is 32.1. The first-order chi connectivity index (χ1) is 23.3. The molecule has 250 valence electrons. The number of nitrogens with zero attached hydrogens (tertiary/aromatic N) is 4. The molecule has 0 spiro atoms. The third-order valence-electron chi connectivity index (χ3n) is 8.20. The molecule has 2 aromatic heterocycles. The fourth-order valence-electron chi connectivity index (χ4n) is 5.62. The average Bonchev–Trinajstić information content (AvgIpc) is 3.80. The number of morpholine rings is 1. The Morgan fingerprint density at radius 2 is 1.48 bits per heavy atom. The predicted octanol–water partition coefficient (Wildman–Crippen LogP) is 3.14. The van der Waals surface area contributed by atoms with Crippen molar-refractivity contribution in [1.82, 2.24) is 35.7 Å². The van der Waals surface area contributed by atoms with Gasteiger partial charge in [0.05, 0.1) is 44.4 Å². The number of benzene rings is 2. The van der Waals surface area contributed by atoms with Gasteiger partial charge in [-0.3, -0.25) is 24.1 Å². The maximum absolute atomic E-state index is 13.8. The molecule has 0 saturated carbocycles. The molecule has 0 radical (unpaired) electrons. The Labute approximate surface area is 286 Å². The van der Waals surface area contributed by atoms with Gasteiger partial charge in [-0.15, -0.1) is 22.7 Å². The second-order valence-corrected chi connectivity index (χ2v) is 13.5. The van der Waals surface area contributed by atoms with Crippen molar-refractivity contribution in [1.29, 1.82) is 0 Å². The molecule has 0 unspecified atom stereocenters. The van der Waals surface area contributed by atoms with Crippen LogP contribution in [-0.4, -0.2) is 89.3 Å². The van der Waals surface area contributed by atoms with Gasteiger partial charge in [0.25, 0.3) is 11.8 Å². The molecule has 3 N–H and O–H groups in total. The molecule has 4 bridgehead atoms. The molecular weight excluding hydrogens is 651 g/mol. The topological polar surface area (TPSA) is 146 Å². The van der Waals surface area contributed by atoms with Crippen molar-refractivity contribution in [2.45, 2.75) is 31.5 Å². The third kappa shape index (κ3) is 8.50. The number of hydrogen-bond acceptors (Lipinski definition) is 10. The monoisotopic (exact) mass is 687 g/mol. The number of fused-ring (bicyclic) bond motifs is 4. The Morgan fingerprint density at radius 1 is 0.854 bits per heavy atom. The van der Waals surface area contributed by atoms with Gasteiger partial charge in [-0.05, 0) is 24.5 Å². The summed E-state index contributed by atoms with van der Waals surface area (Å²) in [6.07, 6.45) is 0.456. The molecule has 4 amide bonds. The van der Waals surface area contributed by atoms with Crippen LogP contribution in [0.2, 0.25) is 0 Å². The molecule has 2 aromatic carbocycles. The van der Waals surface area contributed by atoms with Gasteiger partial charge >= 0.3 is 0 Å². The summed E-state index contributed by atoms with van der Waals surface area (Å²) in [6, 6.07) is 17.4. The minimum absolute atomic E-state index is 0.0613. The molecule has 2 aliphatic rings. The number of thiazole rings is 2. The van der Waals surface area contributed by atoms with Crippen LogP contribution in [0.15, 0.2) is 71.4 Å². The van der Waals surface area contributed by atoms with E-state index in [1.165, 1.54) is 27.6 Å². The molecule has 0 aliphatic carbocycles. The largest absolute Gasteiger partial charge is 0.379 e. The molecule has 6 rings (SSSR count). The molecule has 2 aliphatic heterocycles. The average molecular weight is 688 g/mol. The van der Waals surface area contributed by atoms with Crippen molar-refractivity contribution < 1.29 is 23.9 Å². The maximum Gasteiger partial charge on any atom is 0.271 e. The molecule has 14 heteroatoms. The molecule has 1 saturated heterocycles. The zero-order valence-corrected chi connectivity index (χ0v) is 28.1. The van der Waals surface area contributed by atoms with Gasteiger partial charge in [0.15, 0.2) is 0 Å². The first kappa shape index (κ1) is 33.4. The van der Waals surface area contributed by atoms with Crippen LogP contribution in [-0.2, 0) is 20.7 Å². The van der Waals surface area contributed by atoms with Crippen LogP contribution in [0, 0.1) is 0 Å². The van der Waals surface area contributed by atoms with E-state index in [9.17, 15) is 19.2 Å². The van der Waals surface area contributed by atoms with Gasteiger partial charge in [-0.25, -0.2) is 9.97 Å². The van der Waals surface area contributed by atoms with E-state index in [4.69, 9.17) is 4.74 Å². The molecule has 12 nitrogen and oxygen atoms in total. The molecule has 3 atom stereocenters.